The van der Waals surface area contributed by atoms with Crippen LogP contribution in [0.1, 0.15) is 41.6 Å². The number of unbranched alkanes of at least 4 members (excludes halogenated alkanes) is 1. The van der Waals surface area contributed by atoms with Gasteiger partial charge in [0.05, 0.1) is 14.2 Å². The molecule has 13 heteroatoms. The first-order valence-corrected chi connectivity index (χ1v) is 12.1. The van der Waals surface area contributed by atoms with Crippen LogP contribution in [0.3, 0.4) is 0 Å². The highest BCUT2D eigenvalue weighted by atomic mass is 35.5. The van der Waals surface area contributed by atoms with E-state index < -0.39 is 15.6 Å². The van der Waals surface area contributed by atoms with Crippen molar-refractivity contribution in [1.82, 2.24) is 0 Å². The summed E-state index contributed by atoms with van der Waals surface area (Å²) in [6.07, 6.45) is 4.64. The average molecular weight is 559 g/mol. The molecular formula is C23H34ClF3N2O6S. The van der Waals surface area contributed by atoms with Crippen LogP contribution in [0.15, 0.2) is 48.5 Å². The molecule has 0 heterocycles. The molecule has 206 valence electrons. The summed E-state index contributed by atoms with van der Waals surface area (Å²) in [7, 11) is -2.55. The van der Waals surface area contributed by atoms with E-state index in [1.807, 2.05) is 12.1 Å². The number of ketones is 1. The summed E-state index contributed by atoms with van der Waals surface area (Å²) in [5.41, 5.74) is 7.29. The van der Waals surface area contributed by atoms with Crippen molar-refractivity contribution < 1.29 is 40.4 Å². The molecule has 0 radical (unpaired) electrons. The van der Waals surface area contributed by atoms with Gasteiger partial charge in [-0.05, 0) is 80.7 Å². The lowest BCUT2D eigenvalue weighted by Crippen LogP contribution is -2.21. The SMILES string of the molecule is COc1ccc(C(=O)CCCN)cc1.COc1ccc(CCCCN)cc1.Cl.O=S(=O)(O)C(F)(F)F. The number of rotatable bonds is 10. The molecule has 2 rings (SSSR count). The quantitative estimate of drug-likeness (QED) is 0.168. The normalized spacial score (nSPS) is 10.6. The minimum atomic E-state index is -5.84. The summed E-state index contributed by atoms with van der Waals surface area (Å²) >= 11 is 0. The third kappa shape index (κ3) is 15.6. The molecule has 0 unspecified atom stereocenters. The van der Waals surface area contributed by atoms with Gasteiger partial charge in [0.1, 0.15) is 11.5 Å². The fraction of sp³-hybridized carbons (Fsp3) is 0.435. The zero-order valence-electron chi connectivity index (χ0n) is 20.2. The Bertz CT molecular complexity index is 957. The first-order chi connectivity index (χ1) is 16.4. The predicted molar refractivity (Wildman–Crippen MR) is 135 cm³/mol. The fourth-order valence-electron chi connectivity index (χ4n) is 2.45. The van der Waals surface area contributed by atoms with Gasteiger partial charge in [-0.1, -0.05) is 12.1 Å². The lowest BCUT2D eigenvalue weighted by molar-refractivity contribution is -0.0510. The smallest absolute Gasteiger partial charge is 0.497 e. The van der Waals surface area contributed by atoms with Gasteiger partial charge in [0, 0.05) is 12.0 Å². The van der Waals surface area contributed by atoms with Crippen LogP contribution in [0, 0.1) is 0 Å². The second-order valence-corrected chi connectivity index (χ2v) is 8.47. The number of methoxy groups -OCH3 is 2. The summed E-state index contributed by atoms with van der Waals surface area (Å²) in [4.78, 5) is 11.5. The summed E-state index contributed by atoms with van der Waals surface area (Å²) in [5.74, 6) is 1.82. The van der Waals surface area contributed by atoms with Gasteiger partial charge in [-0.3, -0.25) is 9.35 Å². The Morgan fingerprint density at radius 3 is 1.64 bits per heavy atom. The highest BCUT2D eigenvalue weighted by Crippen LogP contribution is 2.20. The van der Waals surface area contributed by atoms with E-state index in [9.17, 15) is 18.0 Å². The molecule has 0 aliphatic heterocycles. The van der Waals surface area contributed by atoms with E-state index in [4.69, 9.17) is 33.9 Å². The monoisotopic (exact) mass is 558 g/mol. The summed E-state index contributed by atoms with van der Waals surface area (Å²) in [5, 5.41) is 0. The maximum Gasteiger partial charge on any atom is 0.522 e. The van der Waals surface area contributed by atoms with Crippen LogP contribution in [-0.2, 0) is 16.5 Å². The fourth-order valence-corrected chi connectivity index (χ4v) is 2.45. The van der Waals surface area contributed by atoms with Crippen molar-refractivity contribution in [3.05, 3.63) is 59.7 Å². The zero-order chi connectivity index (χ0) is 26.9. The highest BCUT2D eigenvalue weighted by Gasteiger charge is 2.44. The molecular weight excluding hydrogens is 525 g/mol. The molecule has 5 N–H and O–H groups in total. The number of hydrogen-bond donors (Lipinski definition) is 3. The number of alkyl halides is 3. The van der Waals surface area contributed by atoms with Crippen molar-refractivity contribution >= 4 is 28.3 Å². The summed E-state index contributed by atoms with van der Waals surface area (Å²) in [6.45, 7) is 1.35. The van der Waals surface area contributed by atoms with Crippen LogP contribution < -0.4 is 20.9 Å². The van der Waals surface area contributed by atoms with E-state index in [1.54, 1.807) is 38.5 Å². The van der Waals surface area contributed by atoms with Crippen molar-refractivity contribution in [2.75, 3.05) is 27.3 Å². The molecule has 0 fully saturated rings. The first kappa shape index (κ1) is 35.8. The Hall–Kier alpha value is -2.38. The van der Waals surface area contributed by atoms with Crippen molar-refractivity contribution in [2.45, 2.75) is 37.6 Å². The van der Waals surface area contributed by atoms with Crippen LogP contribution in [0.25, 0.3) is 0 Å². The van der Waals surface area contributed by atoms with E-state index in [0.29, 0.717) is 13.0 Å². The topological polar surface area (TPSA) is 142 Å². The van der Waals surface area contributed by atoms with Crippen molar-refractivity contribution in [3.63, 3.8) is 0 Å². The molecule has 0 amide bonds. The molecule has 0 atom stereocenters. The minimum Gasteiger partial charge on any atom is -0.497 e. The third-order valence-corrected chi connectivity index (χ3v) is 4.98. The van der Waals surface area contributed by atoms with Crippen LogP contribution in [-0.4, -0.2) is 51.6 Å². The molecule has 0 aromatic heterocycles. The van der Waals surface area contributed by atoms with Crippen molar-refractivity contribution in [3.8, 4) is 11.5 Å². The van der Waals surface area contributed by atoms with E-state index in [0.717, 1.165) is 42.9 Å². The lowest BCUT2D eigenvalue weighted by atomic mass is 10.1. The number of Topliss-reactive ketones (excluding diaryl/α,β-unsaturated/α-hetero) is 1. The molecule has 0 spiro atoms. The molecule has 0 aliphatic carbocycles. The first-order valence-electron chi connectivity index (χ1n) is 10.6. The number of ether oxygens (including phenoxy) is 2. The third-order valence-electron chi connectivity index (χ3n) is 4.39. The molecule has 2 aromatic rings. The second kappa shape index (κ2) is 18.8. The average Bonchev–Trinajstić information content (AvgIpc) is 2.83. The number of carbonyl (C=O) groups excluding carboxylic acids is 1. The van der Waals surface area contributed by atoms with Gasteiger partial charge < -0.3 is 20.9 Å². The number of nitrogens with two attached hydrogens (primary N) is 2. The van der Waals surface area contributed by atoms with E-state index >= 15 is 0 Å². The van der Waals surface area contributed by atoms with Crippen LogP contribution in [0.5, 0.6) is 11.5 Å². The van der Waals surface area contributed by atoms with E-state index in [2.05, 4.69) is 12.1 Å². The lowest BCUT2D eigenvalue weighted by Gasteiger charge is -2.02. The molecule has 36 heavy (non-hydrogen) atoms. The Morgan fingerprint density at radius 2 is 1.28 bits per heavy atom. The van der Waals surface area contributed by atoms with Gasteiger partial charge in [0.25, 0.3) is 0 Å². The maximum atomic E-state index is 11.5. The summed E-state index contributed by atoms with van der Waals surface area (Å²) in [6, 6.07) is 15.3. The van der Waals surface area contributed by atoms with Crippen LogP contribution >= 0.6 is 12.4 Å². The van der Waals surface area contributed by atoms with Gasteiger partial charge in [0.15, 0.2) is 5.78 Å². The van der Waals surface area contributed by atoms with Crippen molar-refractivity contribution in [2.24, 2.45) is 11.5 Å². The van der Waals surface area contributed by atoms with E-state index in [1.165, 1.54) is 12.0 Å². The Morgan fingerprint density at radius 1 is 0.861 bits per heavy atom. The Labute approximate surface area is 216 Å². The number of benzene rings is 2. The zero-order valence-corrected chi connectivity index (χ0v) is 21.8. The summed E-state index contributed by atoms with van der Waals surface area (Å²) < 4.78 is 67.6. The van der Waals surface area contributed by atoms with Gasteiger partial charge in [-0.15, -0.1) is 12.4 Å². The molecule has 0 saturated carbocycles. The molecule has 0 saturated heterocycles. The highest BCUT2D eigenvalue weighted by molar-refractivity contribution is 7.86. The van der Waals surface area contributed by atoms with E-state index in [-0.39, 0.29) is 18.2 Å². The molecule has 0 aliphatic rings. The maximum absolute atomic E-state index is 11.5. The predicted octanol–water partition coefficient (Wildman–Crippen LogP) is 4.41. The number of halogens is 4. The molecule has 2 aromatic carbocycles. The van der Waals surface area contributed by atoms with Gasteiger partial charge in [-0.2, -0.15) is 21.6 Å². The number of carbonyl (C=O) groups is 1. The van der Waals surface area contributed by atoms with Gasteiger partial charge in [0.2, 0.25) is 0 Å². The Kier molecular flexibility index (Phi) is 18.7. The molecule has 8 nitrogen and oxygen atoms in total. The van der Waals surface area contributed by atoms with Gasteiger partial charge in [-0.25, -0.2) is 0 Å². The van der Waals surface area contributed by atoms with Crippen LogP contribution in [0.2, 0.25) is 0 Å². The largest absolute Gasteiger partial charge is 0.522 e. The van der Waals surface area contributed by atoms with Crippen LogP contribution in [0.4, 0.5) is 13.2 Å². The minimum absolute atomic E-state index is 0. The van der Waals surface area contributed by atoms with Gasteiger partial charge >= 0.3 is 15.6 Å². The number of aryl methyl sites for hydroxylation is 1. The van der Waals surface area contributed by atoms with Crippen molar-refractivity contribution in [1.29, 1.82) is 0 Å². The molecule has 0 bridgehead atoms. The number of hydrogen-bond acceptors (Lipinski definition) is 7. The standard InChI is InChI=1S/C11H15NO2.C11H17NO.CHF3O3S.ClH/c1-14-10-6-4-9(5-7-10)11(13)3-2-8-12;1-13-11-7-5-10(6-8-11)4-2-3-9-12;2-1(3,4)8(5,6)7;/h4-7H,2-3,8,12H2,1H3;5-8H,2-4,9,12H2,1H3;(H,5,6,7);1H. The Balaban J connectivity index is 0. The second-order valence-electron chi connectivity index (χ2n) is 7.06.